The zero-order valence-corrected chi connectivity index (χ0v) is 14.1. The monoisotopic (exact) mass is 332 g/mol. The van der Waals surface area contributed by atoms with Crippen molar-refractivity contribution in [2.75, 3.05) is 19.0 Å². The molecule has 2 rings (SSSR count). The third-order valence-corrected chi connectivity index (χ3v) is 3.71. The Morgan fingerprint density at radius 2 is 1.91 bits per heavy atom. The molecule has 0 saturated carbocycles. The van der Waals surface area contributed by atoms with Crippen molar-refractivity contribution in [3.63, 3.8) is 0 Å². The first kappa shape index (κ1) is 17.3. The van der Waals surface area contributed by atoms with Crippen LogP contribution in [-0.2, 0) is 11.3 Å². The van der Waals surface area contributed by atoms with Crippen LogP contribution in [0, 0.1) is 6.92 Å². The van der Waals surface area contributed by atoms with Crippen LogP contribution in [0.25, 0.3) is 0 Å². The SMILES string of the molecule is COc1ccc(NC(=O)CCNCc2ccc(C)cc2)cc1Cl. The Balaban J connectivity index is 1.72. The Kier molecular flexibility index (Phi) is 6.44. The minimum absolute atomic E-state index is 0.0531. The lowest BCUT2D eigenvalue weighted by molar-refractivity contribution is -0.116. The van der Waals surface area contributed by atoms with E-state index in [1.54, 1.807) is 25.3 Å². The molecule has 1 amide bonds. The van der Waals surface area contributed by atoms with Gasteiger partial charge >= 0.3 is 0 Å². The second kappa shape index (κ2) is 8.56. The van der Waals surface area contributed by atoms with Gasteiger partial charge in [0.15, 0.2) is 0 Å². The van der Waals surface area contributed by atoms with E-state index in [4.69, 9.17) is 16.3 Å². The lowest BCUT2D eigenvalue weighted by atomic mass is 10.1. The number of hydrogen-bond acceptors (Lipinski definition) is 3. The van der Waals surface area contributed by atoms with Gasteiger partial charge in [-0.3, -0.25) is 4.79 Å². The molecule has 2 aromatic carbocycles. The summed E-state index contributed by atoms with van der Waals surface area (Å²) in [7, 11) is 1.55. The highest BCUT2D eigenvalue weighted by Crippen LogP contribution is 2.27. The van der Waals surface area contributed by atoms with Crippen molar-refractivity contribution < 1.29 is 9.53 Å². The molecule has 23 heavy (non-hydrogen) atoms. The molecule has 0 atom stereocenters. The fraction of sp³-hybridized carbons (Fsp3) is 0.278. The van der Waals surface area contributed by atoms with Gasteiger partial charge in [-0.05, 0) is 30.7 Å². The molecule has 0 aliphatic heterocycles. The third-order valence-electron chi connectivity index (χ3n) is 3.41. The van der Waals surface area contributed by atoms with Crippen molar-refractivity contribution in [1.82, 2.24) is 5.32 Å². The first-order valence-corrected chi connectivity index (χ1v) is 7.86. The summed E-state index contributed by atoms with van der Waals surface area (Å²) in [6, 6.07) is 13.5. The largest absolute Gasteiger partial charge is 0.495 e. The lowest BCUT2D eigenvalue weighted by Gasteiger charge is -2.09. The average Bonchev–Trinajstić information content (AvgIpc) is 2.53. The maximum Gasteiger partial charge on any atom is 0.225 e. The molecule has 0 unspecified atom stereocenters. The molecular formula is C18H21ClN2O2. The van der Waals surface area contributed by atoms with Crippen molar-refractivity contribution in [3.05, 3.63) is 58.6 Å². The van der Waals surface area contributed by atoms with Gasteiger partial charge in [-0.25, -0.2) is 0 Å². The van der Waals surface area contributed by atoms with Gasteiger partial charge in [0.05, 0.1) is 12.1 Å². The second-order valence-electron chi connectivity index (χ2n) is 5.31. The van der Waals surface area contributed by atoms with Crippen molar-refractivity contribution >= 4 is 23.2 Å². The number of anilines is 1. The number of carbonyl (C=O) groups excluding carboxylic acids is 1. The highest BCUT2D eigenvalue weighted by molar-refractivity contribution is 6.32. The average molecular weight is 333 g/mol. The summed E-state index contributed by atoms with van der Waals surface area (Å²) in [6.45, 7) is 3.43. The first-order chi connectivity index (χ1) is 11.1. The van der Waals surface area contributed by atoms with E-state index in [0.717, 1.165) is 6.54 Å². The maximum absolute atomic E-state index is 11.9. The van der Waals surface area contributed by atoms with E-state index in [1.165, 1.54) is 11.1 Å². The summed E-state index contributed by atoms with van der Waals surface area (Å²) in [5.41, 5.74) is 3.11. The molecule has 0 saturated heterocycles. The molecule has 0 fully saturated rings. The topological polar surface area (TPSA) is 50.4 Å². The molecule has 4 nitrogen and oxygen atoms in total. The Hall–Kier alpha value is -2.04. The van der Waals surface area contributed by atoms with Crippen LogP contribution in [0.5, 0.6) is 5.75 Å². The summed E-state index contributed by atoms with van der Waals surface area (Å²) < 4.78 is 5.08. The van der Waals surface area contributed by atoms with E-state index in [1.807, 2.05) is 0 Å². The fourth-order valence-corrected chi connectivity index (χ4v) is 2.37. The maximum atomic E-state index is 11.9. The van der Waals surface area contributed by atoms with Crippen molar-refractivity contribution in [3.8, 4) is 5.75 Å². The fourth-order valence-electron chi connectivity index (χ4n) is 2.11. The molecule has 122 valence electrons. The summed E-state index contributed by atoms with van der Waals surface area (Å²) in [4.78, 5) is 11.9. The number of nitrogens with one attached hydrogen (secondary N) is 2. The number of rotatable bonds is 7. The van der Waals surface area contributed by atoms with E-state index in [9.17, 15) is 4.79 Å². The Bertz CT molecular complexity index is 657. The summed E-state index contributed by atoms with van der Waals surface area (Å²) >= 11 is 6.03. The molecule has 0 aliphatic rings. The minimum Gasteiger partial charge on any atom is -0.495 e. The summed E-state index contributed by atoms with van der Waals surface area (Å²) in [5, 5.41) is 6.56. The molecule has 0 spiro atoms. The van der Waals surface area contributed by atoms with E-state index in [0.29, 0.717) is 29.4 Å². The summed E-state index contributed by atoms with van der Waals surface area (Å²) in [6.07, 6.45) is 0.398. The van der Waals surface area contributed by atoms with Crippen molar-refractivity contribution in [2.45, 2.75) is 19.9 Å². The molecule has 2 N–H and O–H groups in total. The number of halogens is 1. The van der Waals surface area contributed by atoms with Gasteiger partial charge in [-0.2, -0.15) is 0 Å². The highest BCUT2D eigenvalue weighted by atomic mass is 35.5. The molecule has 0 aliphatic carbocycles. The van der Waals surface area contributed by atoms with Gasteiger partial charge in [0.2, 0.25) is 5.91 Å². The number of hydrogen-bond donors (Lipinski definition) is 2. The molecule has 0 heterocycles. The van der Waals surface area contributed by atoms with Gasteiger partial charge in [0, 0.05) is 25.2 Å². The van der Waals surface area contributed by atoms with Gasteiger partial charge in [-0.15, -0.1) is 0 Å². The van der Waals surface area contributed by atoms with Crippen LogP contribution in [0.1, 0.15) is 17.5 Å². The zero-order chi connectivity index (χ0) is 16.7. The number of carbonyl (C=O) groups is 1. The van der Waals surface area contributed by atoms with E-state index in [-0.39, 0.29) is 5.91 Å². The van der Waals surface area contributed by atoms with Gasteiger partial charge in [0.25, 0.3) is 0 Å². The Morgan fingerprint density at radius 1 is 1.17 bits per heavy atom. The van der Waals surface area contributed by atoms with Crippen LogP contribution < -0.4 is 15.4 Å². The normalized spacial score (nSPS) is 10.4. The van der Waals surface area contributed by atoms with E-state index < -0.39 is 0 Å². The smallest absolute Gasteiger partial charge is 0.225 e. The van der Waals surface area contributed by atoms with Crippen LogP contribution in [0.15, 0.2) is 42.5 Å². The quantitative estimate of drug-likeness (QED) is 0.759. The van der Waals surface area contributed by atoms with E-state index >= 15 is 0 Å². The number of benzene rings is 2. The molecular weight excluding hydrogens is 312 g/mol. The van der Waals surface area contributed by atoms with Crippen molar-refractivity contribution in [1.29, 1.82) is 0 Å². The van der Waals surface area contributed by atoms with Gasteiger partial charge in [0.1, 0.15) is 5.75 Å². The molecule has 5 heteroatoms. The Morgan fingerprint density at radius 3 is 2.57 bits per heavy atom. The molecule has 0 radical (unpaired) electrons. The second-order valence-corrected chi connectivity index (χ2v) is 5.72. The number of ether oxygens (including phenoxy) is 1. The molecule has 0 aromatic heterocycles. The molecule has 0 bridgehead atoms. The van der Waals surface area contributed by atoms with Gasteiger partial charge < -0.3 is 15.4 Å². The minimum atomic E-state index is -0.0531. The standard InChI is InChI=1S/C18H21ClN2O2/c1-13-3-5-14(6-4-13)12-20-10-9-18(22)21-15-7-8-17(23-2)16(19)11-15/h3-8,11,20H,9-10,12H2,1-2H3,(H,21,22). The van der Waals surface area contributed by atoms with Crippen LogP contribution in [0.2, 0.25) is 5.02 Å². The van der Waals surface area contributed by atoms with Crippen LogP contribution in [-0.4, -0.2) is 19.6 Å². The predicted molar refractivity (Wildman–Crippen MR) is 94.1 cm³/mol. The van der Waals surface area contributed by atoms with Crippen LogP contribution in [0.4, 0.5) is 5.69 Å². The highest BCUT2D eigenvalue weighted by Gasteiger charge is 2.05. The van der Waals surface area contributed by atoms with E-state index in [2.05, 4.69) is 41.8 Å². The van der Waals surface area contributed by atoms with Gasteiger partial charge in [-0.1, -0.05) is 41.4 Å². The molecule has 2 aromatic rings. The zero-order valence-electron chi connectivity index (χ0n) is 13.4. The number of amides is 1. The Labute approximate surface area is 141 Å². The van der Waals surface area contributed by atoms with Crippen molar-refractivity contribution in [2.24, 2.45) is 0 Å². The number of aryl methyl sites for hydroxylation is 1. The predicted octanol–water partition coefficient (Wildman–Crippen LogP) is 3.78. The summed E-state index contributed by atoms with van der Waals surface area (Å²) in [5.74, 6) is 0.534. The van der Waals surface area contributed by atoms with Crippen LogP contribution >= 0.6 is 11.6 Å². The number of methoxy groups -OCH3 is 1. The third kappa shape index (κ3) is 5.58. The first-order valence-electron chi connectivity index (χ1n) is 7.48. The van der Waals surface area contributed by atoms with Crippen LogP contribution in [0.3, 0.4) is 0 Å². The lowest BCUT2D eigenvalue weighted by Crippen LogP contribution is -2.21.